The van der Waals surface area contributed by atoms with Crippen molar-refractivity contribution in [2.45, 2.75) is 0 Å². The highest BCUT2D eigenvalue weighted by molar-refractivity contribution is 9.10. The van der Waals surface area contributed by atoms with E-state index in [-0.39, 0.29) is 5.56 Å². The van der Waals surface area contributed by atoms with Crippen molar-refractivity contribution in [2.24, 2.45) is 0 Å². The van der Waals surface area contributed by atoms with E-state index in [1.165, 1.54) is 7.11 Å². The van der Waals surface area contributed by atoms with Crippen molar-refractivity contribution in [1.29, 1.82) is 5.26 Å². The minimum atomic E-state index is -0.518. The Morgan fingerprint density at radius 1 is 1.19 bits per heavy atom. The summed E-state index contributed by atoms with van der Waals surface area (Å²) in [5.74, 6) is 0.561. The predicted molar refractivity (Wildman–Crippen MR) is 108 cm³/mol. The molecule has 0 aliphatic rings. The second-order valence-corrected chi connectivity index (χ2v) is 6.89. The molecule has 0 aliphatic carbocycles. The summed E-state index contributed by atoms with van der Waals surface area (Å²) < 4.78 is 11.5. The van der Waals surface area contributed by atoms with E-state index in [0.29, 0.717) is 27.7 Å². The first kappa shape index (κ1) is 19.0. The molecule has 134 valence electrons. The summed E-state index contributed by atoms with van der Waals surface area (Å²) in [7, 11) is 1.30. The van der Waals surface area contributed by atoms with E-state index in [1.54, 1.807) is 36.4 Å². The molecule has 0 atom stereocenters. The predicted octanol–water partition coefficient (Wildman–Crippen LogP) is 6.21. The maximum Gasteiger partial charge on any atom is 0.339 e. The molecule has 3 aromatic rings. The first-order valence-electron chi connectivity index (χ1n) is 7.87. The van der Waals surface area contributed by atoms with Gasteiger partial charge in [-0.15, -0.1) is 0 Å². The van der Waals surface area contributed by atoms with Crippen molar-refractivity contribution < 1.29 is 13.9 Å². The van der Waals surface area contributed by atoms with Gasteiger partial charge in [-0.25, -0.2) is 4.79 Å². The van der Waals surface area contributed by atoms with Gasteiger partial charge in [0.05, 0.1) is 29.3 Å². The molecule has 27 heavy (non-hydrogen) atoms. The summed E-state index contributed by atoms with van der Waals surface area (Å²) in [5.41, 5.74) is 2.22. The average Bonchev–Trinajstić information content (AvgIpc) is 3.15. The number of halogens is 2. The SMILES string of the molecule is COC(=O)c1cc(-c2ccc(/C=C(/C#N)c3ccc(Br)cc3)o2)ccc1Cl. The lowest BCUT2D eigenvalue weighted by Gasteiger charge is -2.04. The molecule has 0 unspecified atom stereocenters. The number of nitrogens with zero attached hydrogens (tertiary/aromatic N) is 1. The van der Waals surface area contributed by atoms with Crippen molar-refractivity contribution in [3.63, 3.8) is 0 Å². The number of benzene rings is 2. The number of furan rings is 1. The van der Waals surface area contributed by atoms with Crippen LogP contribution in [0.15, 0.2) is 63.5 Å². The number of hydrogen-bond acceptors (Lipinski definition) is 4. The molecule has 6 heteroatoms. The third-order valence-electron chi connectivity index (χ3n) is 3.85. The Morgan fingerprint density at radius 3 is 2.59 bits per heavy atom. The summed E-state index contributed by atoms with van der Waals surface area (Å²) in [4.78, 5) is 11.8. The molecule has 0 saturated heterocycles. The van der Waals surface area contributed by atoms with E-state index in [9.17, 15) is 10.1 Å². The number of nitriles is 1. The Morgan fingerprint density at radius 2 is 1.93 bits per heavy atom. The van der Waals surface area contributed by atoms with Gasteiger partial charge in [0, 0.05) is 10.0 Å². The topological polar surface area (TPSA) is 63.2 Å². The zero-order chi connectivity index (χ0) is 19.4. The van der Waals surface area contributed by atoms with Crippen molar-refractivity contribution in [3.8, 4) is 17.4 Å². The van der Waals surface area contributed by atoms with Gasteiger partial charge in [0.1, 0.15) is 11.5 Å². The molecular formula is C21H13BrClNO3. The molecule has 0 aliphatic heterocycles. The lowest BCUT2D eigenvalue weighted by molar-refractivity contribution is 0.0601. The van der Waals surface area contributed by atoms with E-state index in [0.717, 1.165) is 10.0 Å². The Kier molecular flexibility index (Phi) is 5.80. The molecule has 0 saturated carbocycles. The maximum absolute atomic E-state index is 11.8. The molecule has 1 aromatic heterocycles. The van der Waals surface area contributed by atoms with Gasteiger partial charge in [-0.2, -0.15) is 5.26 Å². The van der Waals surface area contributed by atoms with E-state index in [4.69, 9.17) is 20.8 Å². The van der Waals surface area contributed by atoms with Crippen LogP contribution in [0.2, 0.25) is 5.02 Å². The Labute approximate surface area is 169 Å². The number of hydrogen-bond donors (Lipinski definition) is 0. The second kappa shape index (κ2) is 8.26. The van der Waals surface area contributed by atoms with Crippen LogP contribution in [0.4, 0.5) is 0 Å². The van der Waals surface area contributed by atoms with Crippen LogP contribution in [-0.2, 0) is 4.74 Å². The average molecular weight is 443 g/mol. The minimum absolute atomic E-state index is 0.262. The van der Waals surface area contributed by atoms with Crippen molar-refractivity contribution in [3.05, 3.63) is 81.0 Å². The number of ether oxygens (including phenoxy) is 1. The third kappa shape index (κ3) is 4.30. The Balaban J connectivity index is 1.94. The summed E-state index contributed by atoms with van der Waals surface area (Å²) in [6.45, 7) is 0. The first-order chi connectivity index (χ1) is 13.0. The second-order valence-electron chi connectivity index (χ2n) is 5.56. The lowest BCUT2D eigenvalue weighted by atomic mass is 10.1. The molecule has 0 N–H and O–H groups in total. The van der Waals surface area contributed by atoms with E-state index in [2.05, 4.69) is 22.0 Å². The highest BCUT2D eigenvalue weighted by atomic mass is 79.9. The maximum atomic E-state index is 11.8. The van der Waals surface area contributed by atoms with Gasteiger partial charge in [0.15, 0.2) is 0 Å². The zero-order valence-electron chi connectivity index (χ0n) is 14.2. The van der Waals surface area contributed by atoms with Gasteiger partial charge < -0.3 is 9.15 Å². The lowest BCUT2D eigenvalue weighted by Crippen LogP contribution is -2.02. The summed E-state index contributed by atoms with van der Waals surface area (Å²) in [5, 5.41) is 9.76. The van der Waals surface area contributed by atoms with Crippen LogP contribution in [0, 0.1) is 11.3 Å². The fourth-order valence-corrected chi connectivity index (χ4v) is 2.94. The third-order valence-corrected chi connectivity index (χ3v) is 4.70. The molecule has 3 rings (SSSR count). The van der Waals surface area contributed by atoms with E-state index >= 15 is 0 Å². The number of carbonyl (C=O) groups excluding carboxylic acids is 1. The van der Waals surface area contributed by atoms with Gasteiger partial charge in [-0.05, 0) is 54.1 Å². The number of esters is 1. The van der Waals surface area contributed by atoms with Crippen molar-refractivity contribution >= 4 is 45.1 Å². The Bertz CT molecular complexity index is 1060. The largest absolute Gasteiger partial charge is 0.465 e. The summed E-state index contributed by atoms with van der Waals surface area (Å²) in [6.07, 6.45) is 1.67. The normalized spacial score (nSPS) is 11.1. The molecule has 1 heterocycles. The van der Waals surface area contributed by atoms with E-state index < -0.39 is 5.97 Å². The van der Waals surface area contributed by atoms with Crippen LogP contribution in [0.1, 0.15) is 21.7 Å². The van der Waals surface area contributed by atoms with Crippen LogP contribution in [0.3, 0.4) is 0 Å². The highest BCUT2D eigenvalue weighted by Crippen LogP contribution is 2.29. The van der Waals surface area contributed by atoms with Crippen LogP contribution >= 0.6 is 27.5 Å². The van der Waals surface area contributed by atoms with Gasteiger partial charge in [-0.3, -0.25) is 0 Å². The number of carbonyl (C=O) groups is 1. The molecular weight excluding hydrogens is 430 g/mol. The van der Waals surface area contributed by atoms with Crippen molar-refractivity contribution in [1.82, 2.24) is 0 Å². The van der Waals surface area contributed by atoms with E-state index in [1.807, 2.05) is 24.3 Å². The highest BCUT2D eigenvalue weighted by Gasteiger charge is 2.14. The number of methoxy groups -OCH3 is 1. The zero-order valence-corrected chi connectivity index (χ0v) is 16.5. The fourth-order valence-electron chi connectivity index (χ4n) is 2.48. The van der Waals surface area contributed by atoms with Crippen LogP contribution in [-0.4, -0.2) is 13.1 Å². The van der Waals surface area contributed by atoms with Crippen LogP contribution < -0.4 is 0 Å². The fraction of sp³-hybridized carbons (Fsp3) is 0.0476. The van der Waals surface area contributed by atoms with Gasteiger partial charge in [-0.1, -0.05) is 39.7 Å². The standard InChI is InChI=1S/C21H13BrClNO3/c1-26-21(25)18-11-14(4-8-19(18)23)20-9-7-17(27-20)10-15(12-24)13-2-5-16(22)6-3-13/h2-11H,1H3/b15-10-. The van der Waals surface area contributed by atoms with Crippen LogP contribution in [0.25, 0.3) is 23.0 Å². The van der Waals surface area contributed by atoms with Gasteiger partial charge in [0.25, 0.3) is 0 Å². The molecule has 4 nitrogen and oxygen atoms in total. The smallest absolute Gasteiger partial charge is 0.339 e. The monoisotopic (exact) mass is 441 g/mol. The molecule has 0 spiro atoms. The van der Waals surface area contributed by atoms with Crippen molar-refractivity contribution in [2.75, 3.05) is 7.11 Å². The summed E-state index contributed by atoms with van der Waals surface area (Å²) >= 11 is 9.42. The quantitative estimate of drug-likeness (QED) is 0.356. The number of rotatable bonds is 4. The number of allylic oxidation sites excluding steroid dienone is 1. The van der Waals surface area contributed by atoms with Gasteiger partial charge in [0.2, 0.25) is 0 Å². The Hall–Kier alpha value is -2.81. The first-order valence-corrected chi connectivity index (χ1v) is 9.04. The minimum Gasteiger partial charge on any atom is -0.465 e. The molecule has 0 bridgehead atoms. The molecule has 0 amide bonds. The van der Waals surface area contributed by atoms with Gasteiger partial charge >= 0.3 is 5.97 Å². The van der Waals surface area contributed by atoms with Crippen LogP contribution in [0.5, 0.6) is 0 Å². The molecule has 0 radical (unpaired) electrons. The summed E-state index contributed by atoms with van der Waals surface area (Å²) in [6, 6.07) is 18.1. The molecule has 2 aromatic carbocycles. The molecule has 0 fully saturated rings.